The van der Waals surface area contributed by atoms with Gasteiger partial charge in [-0.25, -0.2) is 9.50 Å². The van der Waals surface area contributed by atoms with Crippen molar-refractivity contribution in [2.24, 2.45) is 5.73 Å². The molecule has 0 aliphatic carbocycles. The molecule has 3 aromatic heterocycles. The van der Waals surface area contributed by atoms with Crippen LogP contribution >= 0.6 is 0 Å². The van der Waals surface area contributed by atoms with Crippen molar-refractivity contribution in [3.63, 3.8) is 0 Å². The highest BCUT2D eigenvalue weighted by molar-refractivity contribution is 5.73. The normalized spacial score (nSPS) is 10.9. The molecule has 6 heteroatoms. The second-order valence-corrected chi connectivity index (χ2v) is 5.68. The van der Waals surface area contributed by atoms with Gasteiger partial charge in [-0.2, -0.15) is 5.10 Å². The van der Waals surface area contributed by atoms with Gasteiger partial charge in [-0.3, -0.25) is 4.98 Å². The fraction of sp³-hybridized carbons (Fsp3) is 0.105. The van der Waals surface area contributed by atoms with Crippen molar-refractivity contribution < 1.29 is 0 Å². The summed E-state index contributed by atoms with van der Waals surface area (Å²) in [5, 5.41) is 7.75. The third kappa shape index (κ3) is 2.95. The third-order valence-corrected chi connectivity index (χ3v) is 4.08. The maximum absolute atomic E-state index is 6.02. The highest BCUT2D eigenvalue weighted by Gasteiger charge is 2.15. The topological polar surface area (TPSA) is 81.1 Å². The molecule has 0 fully saturated rings. The summed E-state index contributed by atoms with van der Waals surface area (Å²) >= 11 is 0. The first-order valence-corrected chi connectivity index (χ1v) is 8.11. The first kappa shape index (κ1) is 15.3. The van der Waals surface area contributed by atoms with Crippen LogP contribution in [0.1, 0.15) is 11.1 Å². The van der Waals surface area contributed by atoms with E-state index < -0.39 is 0 Å². The van der Waals surface area contributed by atoms with Gasteiger partial charge in [0.15, 0.2) is 0 Å². The van der Waals surface area contributed by atoms with Gasteiger partial charge in [0.05, 0.1) is 17.4 Å². The zero-order chi connectivity index (χ0) is 17.1. The van der Waals surface area contributed by atoms with Crippen LogP contribution in [-0.4, -0.2) is 19.6 Å². The van der Waals surface area contributed by atoms with E-state index in [1.54, 1.807) is 16.9 Å². The molecule has 0 bridgehead atoms. The highest BCUT2D eigenvalue weighted by Crippen LogP contribution is 2.27. The number of nitrogens with one attached hydrogen (secondary N) is 1. The second-order valence-electron chi connectivity index (χ2n) is 5.68. The molecule has 0 saturated heterocycles. The highest BCUT2D eigenvalue weighted by atomic mass is 15.3. The minimum Gasteiger partial charge on any atom is -0.350 e. The van der Waals surface area contributed by atoms with Crippen LogP contribution in [-0.2, 0) is 13.1 Å². The second kappa shape index (κ2) is 6.70. The zero-order valence-electron chi connectivity index (χ0n) is 13.6. The number of aromatic nitrogens is 4. The van der Waals surface area contributed by atoms with E-state index in [0.717, 1.165) is 27.9 Å². The van der Waals surface area contributed by atoms with Crippen molar-refractivity contribution in [3.05, 3.63) is 78.2 Å². The van der Waals surface area contributed by atoms with E-state index in [9.17, 15) is 0 Å². The average Bonchev–Trinajstić information content (AvgIpc) is 3.17. The SMILES string of the molecule is NCc1c(-c2ccccc2)nc(NCc2cccnc2)n2nccc12. The fourth-order valence-electron chi connectivity index (χ4n) is 2.88. The lowest BCUT2D eigenvalue weighted by Crippen LogP contribution is -2.12. The third-order valence-electron chi connectivity index (χ3n) is 4.08. The van der Waals surface area contributed by atoms with Gasteiger partial charge in [-0.1, -0.05) is 36.4 Å². The summed E-state index contributed by atoms with van der Waals surface area (Å²) in [4.78, 5) is 8.96. The summed E-state index contributed by atoms with van der Waals surface area (Å²) in [5.74, 6) is 0.680. The number of nitrogens with two attached hydrogens (primary N) is 1. The first-order valence-electron chi connectivity index (χ1n) is 8.11. The number of hydrogen-bond donors (Lipinski definition) is 2. The van der Waals surface area contributed by atoms with Crippen LogP contribution < -0.4 is 11.1 Å². The molecule has 0 spiro atoms. The van der Waals surface area contributed by atoms with Crippen molar-refractivity contribution in [1.29, 1.82) is 0 Å². The molecule has 0 amide bonds. The summed E-state index contributed by atoms with van der Waals surface area (Å²) in [6.07, 6.45) is 5.36. The van der Waals surface area contributed by atoms with E-state index in [4.69, 9.17) is 10.7 Å². The Morgan fingerprint density at radius 1 is 1.00 bits per heavy atom. The van der Waals surface area contributed by atoms with Gasteiger partial charge in [-0.05, 0) is 17.7 Å². The molecule has 0 unspecified atom stereocenters. The Balaban J connectivity index is 1.80. The standard InChI is InChI=1S/C19H18N6/c20-11-16-17-8-10-23-25(17)19(22-13-14-5-4-9-21-12-14)24-18(16)15-6-2-1-3-7-15/h1-10,12H,11,13,20H2,(H,22,24). The van der Waals surface area contributed by atoms with E-state index in [1.807, 2.05) is 54.7 Å². The van der Waals surface area contributed by atoms with Crippen molar-refractivity contribution in [2.45, 2.75) is 13.1 Å². The van der Waals surface area contributed by atoms with Gasteiger partial charge in [0.2, 0.25) is 5.95 Å². The van der Waals surface area contributed by atoms with Gasteiger partial charge in [0, 0.05) is 36.6 Å². The largest absolute Gasteiger partial charge is 0.350 e. The van der Waals surface area contributed by atoms with Crippen molar-refractivity contribution in [2.75, 3.05) is 5.32 Å². The van der Waals surface area contributed by atoms with E-state index in [0.29, 0.717) is 19.0 Å². The molecule has 6 nitrogen and oxygen atoms in total. The Labute approximate surface area is 145 Å². The Bertz CT molecular complexity index is 979. The Hall–Kier alpha value is -3.25. The number of pyridine rings is 1. The summed E-state index contributed by atoms with van der Waals surface area (Å²) in [6, 6.07) is 16.0. The number of benzene rings is 1. The number of fused-ring (bicyclic) bond motifs is 1. The predicted octanol–water partition coefficient (Wildman–Crippen LogP) is 2.86. The van der Waals surface area contributed by atoms with Crippen LogP contribution in [0.3, 0.4) is 0 Å². The van der Waals surface area contributed by atoms with Gasteiger partial charge in [0.25, 0.3) is 0 Å². The van der Waals surface area contributed by atoms with Crippen LogP contribution in [0, 0.1) is 0 Å². The molecule has 124 valence electrons. The Morgan fingerprint density at radius 3 is 2.64 bits per heavy atom. The van der Waals surface area contributed by atoms with E-state index in [2.05, 4.69) is 15.4 Å². The molecule has 0 atom stereocenters. The molecule has 25 heavy (non-hydrogen) atoms. The van der Waals surface area contributed by atoms with Crippen molar-refractivity contribution in [3.8, 4) is 11.3 Å². The summed E-state index contributed by atoms with van der Waals surface area (Å²) < 4.78 is 1.80. The lowest BCUT2D eigenvalue weighted by molar-refractivity contribution is 0.890. The number of hydrogen-bond acceptors (Lipinski definition) is 5. The molecular weight excluding hydrogens is 312 g/mol. The van der Waals surface area contributed by atoms with E-state index in [-0.39, 0.29) is 0 Å². The van der Waals surface area contributed by atoms with Gasteiger partial charge in [0.1, 0.15) is 0 Å². The molecule has 3 N–H and O–H groups in total. The molecule has 3 heterocycles. The van der Waals surface area contributed by atoms with E-state index in [1.165, 1.54) is 0 Å². The number of rotatable bonds is 5. The number of nitrogens with zero attached hydrogens (tertiary/aromatic N) is 4. The molecule has 0 radical (unpaired) electrons. The molecular formula is C19H18N6. The minimum atomic E-state index is 0.398. The Morgan fingerprint density at radius 2 is 1.88 bits per heavy atom. The van der Waals surface area contributed by atoms with Crippen molar-refractivity contribution in [1.82, 2.24) is 19.6 Å². The van der Waals surface area contributed by atoms with Crippen LogP contribution in [0.2, 0.25) is 0 Å². The maximum atomic E-state index is 6.02. The smallest absolute Gasteiger partial charge is 0.225 e. The average molecular weight is 330 g/mol. The Kier molecular flexibility index (Phi) is 4.10. The van der Waals surface area contributed by atoms with Crippen molar-refractivity contribution >= 4 is 11.5 Å². The van der Waals surface area contributed by atoms with Crippen LogP contribution in [0.25, 0.3) is 16.8 Å². The maximum Gasteiger partial charge on any atom is 0.225 e. The monoisotopic (exact) mass is 330 g/mol. The van der Waals surface area contributed by atoms with Crippen LogP contribution in [0.15, 0.2) is 67.1 Å². The molecule has 0 aliphatic heterocycles. The molecule has 0 saturated carbocycles. The minimum absolute atomic E-state index is 0.398. The number of anilines is 1. The fourth-order valence-corrected chi connectivity index (χ4v) is 2.88. The lowest BCUT2D eigenvalue weighted by Gasteiger charge is -2.14. The molecule has 4 rings (SSSR count). The van der Waals surface area contributed by atoms with Crippen LogP contribution in [0.5, 0.6) is 0 Å². The first-order chi connectivity index (χ1) is 12.4. The predicted molar refractivity (Wildman–Crippen MR) is 97.9 cm³/mol. The van der Waals surface area contributed by atoms with Crippen LogP contribution in [0.4, 0.5) is 5.95 Å². The van der Waals surface area contributed by atoms with Gasteiger partial charge in [-0.15, -0.1) is 0 Å². The zero-order valence-corrected chi connectivity index (χ0v) is 13.6. The molecule has 4 aromatic rings. The van der Waals surface area contributed by atoms with Gasteiger partial charge >= 0.3 is 0 Å². The molecule has 0 aliphatic rings. The van der Waals surface area contributed by atoms with E-state index >= 15 is 0 Å². The molecule has 1 aromatic carbocycles. The van der Waals surface area contributed by atoms with Gasteiger partial charge < -0.3 is 11.1 Å². The summed E-state index contributed by atoms with van der Waals surface area (Å²) in [6.45, 7) is 1.02. The lowest BCUT2D eigenvalue weighted by atomic mass is 10.1. The summed E-state index contributed by atoms with van der Waals surface area (Å²) in [5.41, 5.74) is 11.0. The summed E-state index contributed by atoms with van der Waals surface area (Å²) in [7, 11) is 0. The quantitative estimate of drug-likeness (QED) is 0.588.